The molecule has 1 unspecified atom stereocenters. The summed E-state index contributed by atoms with van der Waals surface area (Å²) in [6.45, 7) is 22.9. The minimum Gasteiger partial charge on any atom is -0.486 e. The van der Waals surface area contributed by atoms with Gasteiger partial charge in [-0.2, -0.15) is 0 Å². The summed E-state index contributed by atoms with van der Waals surface area (Å²) >= 11 is 0. The van der Waals surface area contributed by atoms with Crippen LogP contribution in [0.15, 0.2) is 0 Å². The molecule has 1 aromatic rings. The molecular formula is C21H34O. The summed E-state index contributed by atoms with van der Waals surface area (Å²) in [7, 11) is 0. The van der Waals surface area contributed by atoms with E-state index in [0.29, 0.717) is 0 Å². The van der Waals surface area contributed by atoms with Crippen LogP contribution in [0.25, 0.3) is 0 Å². The van der Waals surface area contributed by atoms with Crippen LogP contribution in [-0.2, 0) is 11.8 Å². The van der Waals surface area contributed by atoms with Crippen LogP contribution in [0.2, 0.25) is 0 Å². The highest BCUT2D eigenvalue weighted by Gasteiger charge is 2.43. The molecule has 1 aromatic carbocycles. The number of benzene rings is 1. The number of rotatable bonds is 0. The Morgan fingerprint density at radius 2 is 1.41 bits per heavy atom. The average molecular weight is 303 g/mol. The molecule has 0 N–H and O–H groups in total. The zero-order chi connectivity index (χ0) is 17.1. The van der Waals surface area contributed by atoms with E-state index in [1.807, 2.05) is 0 Å². The topological polar surface area (TPSA) is 9.23 Å². The van der Waals surface area contributed by atoms with Crippen LogP contribution in [0.3, 0.4) is 0 Å². The van der Waals surface area contributed by atoms with Gasteiger partial charge in [-0.05, 0) is 73.8 Å². The molecule has 0 spiro atoms. The zero-order valence-corrected chi connectivity index (χ0v) is 16.3. The molecule has 0 bridgehead atoms. The Morgan fingerprint density at radius 3 is 1.86 bits per heavy atom. The fourth-order valence-electron chi connectivity index (χ4n) is 3.92. The van der Waals surface area contributed by atoms with Gasteiger partial charge in [-0.15, -0.1) is 0 Å². The quantitative estimate of drug-likeness (QED) is 0.567. The Labute approximate surface area is 137 Å². The number of hydrogen-bond donors (Lipinski definition) is 0. The summed E-state index contributed by atoms with van der Waals surface area (Å²) in [5.41, 5.74) is 7.36. The maximum atomic E-state index is 6.64. The van der Waals surface area contributed by atoms with E-state index in [0.717, 1.165) is 18.6 Å². The van der Waals surface area contributed by atoms with Crippen LogP contribution in [0, 0.1) is 26.2 Å². The largest absolute Gasteiger partial charge is 0.486 e. The van der Waals surface area contributed by atoms with Gasteiger partial charge in [0, 0.05) is 5.41 Å². The lowest BCUT2D eigenvalue weighted by atomic mass is 9.71. The Balaban J connectivity index is 2.66. The van der Waals surface area contributed by atoms with E-state index in [-0.39, 0.29) is 16.4 Å². The van der Waals surface area contributed by atoms with Crippen molar-refractivity contribution in [2.45, 2.75) is 93.1 Å². The minimum absolute atomic E-state index is 0.0904. The highest BCUT2D eigenvalue weighted by atomic mass is 16.5. The Morgan fingerprint density at radius 1 is 0.864 bits per heavy atom. The van der Waals surface area contributed by atoms with Gasteiger partial charge in [0.25, 0.3) is 0 Å². The van der Waals surface area contributed by atoms with Crippen LogP contribution in [0.1, 0.15) is 82.7 Å². The third-order valence-corrected chi connectivity index (χ3v) is 5.90. The van der Waals surface area contributed by atoms with E-state index in [9.17, 15) is 0 Å². The molecule has 0 saturated carbocycles. The first kappa shape index (κ1) is 17.4. The van der Waals surface area contributed by atoms with Crippen LogP contribution >= 0.6 is 0 Å². The number of fused-ring (bicyclic) bond motifs is 1. The van der Waals surface area contributed by atoms with Gasteiger partial charge in [0.05, 0.1) is 0 Å². The molecule has 22 heavy (non-hydrogen) atoms. The standard InChI is InChI=1S/C21H34O/c1-13-14(2)18-16(15(3)17(13)19(4,5)6)11-12-21(10,22-18)20(7,8)9/h11-12H2,1-10H3. The predicted molar refractivity (Wildman–Crippen MR) is 96.2 cm³/mol. The van der Waals surface area contributed by atoms with Gasteiger partial charge in [-0.3, -0.25) is 0 Å². The molecule has 2 rings (SSSR count). The van der Waals surface area contributed by atoms with E-state index in [1.54, 1.807) is 0 Å². The van der Waals surface area contributed by atoms with E-state index < -0.39 is 0 Å². The van der Waals surface area contributed by atoms with Gasteiger partial charge in [0.2, 0.25) is 0 Å². The smallest absolute Gasteiger partial charge is 0.126 e. The van der Waals surface area contributed by atoms with Crippen LogP contribution < -0.4 is 4.74 Å². The Kier molecular flexibility index (Phi) is 3.96. The van der Waals surface area contributed by atoms with Crippen molar-refractivity contribution < 1.29 is 4.74 Å². The van der Waals surface area contributed by atoms with Crippen molar-refractivity contribution in [3.05, 3.63) is 27.8 Å². The SMILES string of the molecule is Cc1c(C)c(C(C)(C)C)c(C)c2c1OC(C)(C(C)(C)C)CC2. The molecule has 1 atom stereocenters. The molecule has 0 saturated heterocycles. The van der Waals surface area contributed by atoms with E-state index in [2.05, 4.69) is 69.2 Å². The van der Waals surface area contributed by atoms with Gasteiger partial charge in [0.1, 0.15) is 11.4 Å². The number of ether oxygens (including phenoxy) is 1. The van der Waals surface area contributed by atoms with E-state index >= 15 is 0 Å². The molecule has 0 amide bonds. The van der Waals surface area contributed by atoms with Crippen molar-refractivity contribution in [1.82, 2.24) is 0 Å². The van der Waals surface area contributed by atoms with Crippen LogP contribution in [0.4, 0.5) is 0 Å². The lowest BCUT2D eigenvalue weighted by Gasteiger charge is -2.46. The molecule has 1 aliphatic heterocycles. The Bertz CT molecular complexity index is 596. The molecule has 0 fully saturated rings. The van der Waals surface area contributed by atoms with Crippen molar-refractivity contribution in [2.24, 2.45) is 5.41 Å². The fraction of sp³-hybridized carbons (Fsp3) is 0.714. The summed E-state index contributed by atoms with van der Waals surface area (Å²) < 4.78 is 6.64. The summed E-state index contributed by atoms with van der Waals surface area (Å²) in [6, 6.07) is 0. The third-order valence-electron chi connectivity index (χ3n) is 5.90. The van der Waals surface area contributed by atoms with Gasteiger partial charge >= 0.3 is 0 Å². The van der Waals surface area contributed by atoms with E-state index in [1.165, 1.54) is 27.8 Å². The molecular weight excluding hydrogens is 268 g/mol. The second-order valence-electron chi connectivity index (χ2n) is 9.39. The summed E-state index contributed by atoms with van der Waals surface area (Å²) in [6.07, 6.45) is 2.22. The second kappa shape index (κ2) is 5.01. The maximum absolute atomic E-state index is 6.64. The molecule has 124 valence electrons. The van der Waals surface area contributed by atoms with Gasteiger partial charge in [-0.25, -0.2) is 0 Å². The predicted octanol–water partition coefficient (Wildman–Crippen LogP) is 6.04. The number of hydrogen-bond acceptors (Lipinski definition) is 1. The molecule has 1 heterocycles. The first-order chi connectivity index (χ1) is 9.79. The molecule has 1 nitrogen and oxygen atoms in total. The maximum Gasteiger partial charge on any atom is 0.126 e. The molecule has 1 heteroatoms. The van der Waals surface area contributed by atoms with Crippen molar-refractivity contribution in [3.63, 3.8) is 0 Å². The minimum atomic E-state index is -0.0904. The highest BCUT2D eigenvalue weighted by Crippen LogP contribution is 2.48. The van der Waals surface area contributed by atoms with Crippen molar-refractivity contribution in [2.75, 3.05) is 0 Å². The summed E-state index contributed by atoms with van der Waals surface area (Å²) in [5.74, 6) is 1.16. The lowest BCUT2D eigenvalue weighted by molar-refractivity contribution is -0.0340. The summed E-state index contributed by atoms with van der Waals surface area (Å²) in [4.78, 5) is 0. The van der Waals surface area contributed by atoms with Crippen molar-refractivity contribution in [1.29, 1.82) is 0 Å². The zero-order valence-electron chi connectivity index (χ0n) is 16.3. The normalized spacial score (nSPS) is 22.3. The molecule has 1 aliphatic rings. The fourth-order valence-corrected chi connectivity index (χ4v) is 3.92. The monoisotopic (exact) mass is 302 g/mol. The lowest BCUT2D eigenvalue weighted by Crippen LogP contribution is -2.48. The van der Waals surface area contributed by atoms with Gasteiger partial charge in [0.15, 0.2) is 0 Å². The first-order valence-corrected chi connectivity index (χ1v) is 8.62. The highest BCUT2D eigenvalue weighted by molar-refractivity contribution is 5.57. The Hall–Kier alpha value is -0.980. The van der Waals surface area contributed by atoms with Crippen LogP contribution in [-0.4, -0.2) is 5.60 Å². The van der Waals surface area contributed by atoms with Crippen LogP contribution in [0.5, 0.6) is 5.75 Å². The van der Waals surface area contributed by atoms with Crippen molar-refractivity contribution in [3.8, 4) is 5.75 Å². The van der Waals surface area contributed by atoms with E-state index in [4.69, 9.17) is 4.74 Å². The second-order valence-corrected chi connectivity index (χ2v) is 9.39. The molecule has 0 aromatic heterocycles. The molecule has 0 radical (unpaired) electrons. The third kappa shape index (κ3) is 2.57. The molecule has 0 aliphatic carbocycles. The van der Waals surface area contributed by atoms with Gasteiger partial charge in [-0.1, -0.05) is 41.5 Å². The summed E-state index contributed by atoms with van der Waals surface area (Å²) in [5, 5.41) is 0. The van der Waals surface area contributed by atoms with Gasteiger partial charge < -0.3 is 4.74 Å². The first-order valence-electron chi connectivity index (χ1n) is 8.62. The average Bonchev–Trinajstić information content (AvgIpc) is 2.33. The van der Waals surface area contributed by atoms with Crippen molar-refractivity contribution >= 4 is 0 Å².